The van der Waals surface area contributed by atoms with Crippen molar-refractivity contribution < 1.29 is 9.47 Å². The third kappa shape index (κ3) is 2.53. The Labute approximate surface area is 123 Å². The zero-order chi connectivity index (χ0) is 13.9. The van der Waals surface area contributed by atoms with Gasteiger partial charge in [-0.05, 0) is 48.2 Å². The Balaban J connectivity index is 1.97. The second-order valence-electron chi connectivity index (χ2n) is 4.86. The lowest BCUT2D eigenvalue weighted by molar-refractivity contribution is 0.171. The van der Waals surface area contributed by atoms with Crippen LogP contribution in [0.4, 0.5) is 0 Å². The van der Waals surface area contributed by atoms with Gasteiger partial charge in [0.15, 0.2) is 11.5 Å². The maximum Gasteiger partial charge on any atom is 0.161 e. The van der Waals surface area contributed by atoms with Gasteiger partial charge >= 0.3 is 0 Å². The van der Waals surface area contributed by atoms with Crippen LogP contribution >= 0.6 is 11.3 Å². The minimum Gasteiger partial charge on any atom is -0.486 e. The van der Waals surface area contributed by atoms with Crippen LogP contribution in [0.25, 0.3) is 0 Å². The summed E-state index contributed by atoms with van der Waals surface area (Å²) >= 11 is 1.80. The molecule has 1 atom stereocenters. The fourth-order valence-electron chi connectivity index (χ4n) is 2.49. The number of hydrogen-bond donors (Lipinski definition) is 1. The van der Waals surface area contributed by atoms with E-state index in [0.29, 0.717) is 13.2 Å². The average Bonchev–Trinajstić information content (AvgIpc) is 2.90. The molecule has 0 spiro atoms. The van der Waals surface area contributed by atoms with Gasteiger partial charge in [0.2, 0.25) is 0 Å². The number of benzene rings is 1. The quantitative estimate of drug-likeness (QED) is 0.934. The number of fused-ring (bicyclic) bond motifs is 1. The first-order chi connectivity index (χ1) is 9.79. The molecule has 0 saturated heterocycles. The summed E-state index contributed by atoms with van der Waals surface area (Å²) in [5, 5.41) is 5.71. The highest BCUT2D eigenvalue weighted by molar-refractivity contribution is 7.10. The van der Waals surface area contributed by atoms with Crippen LogP contribution in [0.5, 0.6) is 11.5 Å². The van der Waals surface area contributed by atoms with Crippen LogP contribution in [0, 0.1) is 6.92 Å². The normalized spacial score (nSPS) is 15.1. The zero-order valence-corrected chi connectivity index (χ0v) is 12.6. The fraction of sp³-hybridized carbons (Fsp3) is 0.375. The third-order valence-electron chi connectivity index (χ3n) is 3.47. The number of nitrogens with one attached hydrogen (secondary N) is 1. The van der Waals surface area contributed by atoms with Crippen molar-refractivity contribution in [2.45, 2.75) is 19.9 Å². The molecule has 0 radical (unpaired) electrons. The van der Waals surface area contributed by atoms with Crippen LogP contribution in [-0.2, 0) is 0 Å². The van der Waals surface area contributed by atoms with Gasteiger partial charge in [0.1, 0.15) is 13.2 Å². The Kier molecular flexibility index (Phi) is 3.94. The van der Waals surface area contributed by atoms with Gasteiger partial charge in [0.25, 0.3) is 0 Å². The number of thiophene rings is 1. The Hall–Kier alpha value is -1.52. The van der Waals surface area contributed by atoms with Crippen molar-refractivity contribution in [2.75, 3.05) is 19.8 Å². The largest absolute Gasteiger partial charge is 0.486 e. The van der Waals surface area contributed by atoms with E-state index >= 15 is 0 Å². The molecule has 4 heteroatoms. The van der Waals surface area contributed by atoms with Crippen LogP contribution in [0.15, 0.2) is 29.6 Å². The van der Waals surface area contributed by atoms with E-state index in [1.807, 2.05) is 6.07 Å². The molecule has 106 valence electrons. The van der Waals surface area contributed by atoms with Crippen LogP contribution in [0.2, 0.25) is 0 Å². The smallest absolute Gasteiger partial charge is 0.161 e. The van der Waals surface area contributed by atoms with E-state index in [1.165, 1.54) is 16.0 Å². The van der Waals surface area contributed by atoms with Crippen molar-refractivity contribution in [3.05, 3.63) is 45.6 Å². The van der Waals surface area contributed by atoms with Gasteiger partial charge in [0.05, 0.1) is 6.04 Å². The number of hydrogen-bond acceptors (Lipinski definition) is 4. The first kappa shape index (κ1) is 13.5. The molecule has 3 nitrogen and oxygen atoms in total. The molecule has 1 aromatic carbocycles. The molecular weight excluding hydrogens is 270 g/mol. The Morgan fingerprint density at radius 1 is 1.20 bits per heavy atom. The molecule has 0 bridgehead atoms. The van der Waals surface area contributed by atoms with Gasteiger partial charge in [-0.15, -0.1) is 11.3 Å². The topological polar surface area (TPSA) is 30.5 Å². The van der Waals surface area contributed by atoms with Crippen molar-refractivity contribution in [3.63, 3.8) is 0 Å². The Bertz CT molecular complexity index is 594. The number of aryl methyl sites for hydroxylation is 1. The van der Waals surface area contributed by atoms with Gasteiger partial charge in [-0.2, -0.15) is 0 Å². The lowest BCUT2D eigenvalue weighted by Crippen LogP contribution is -2.22. The van der Waals surface area contributed by atoms with Gasteiger partial charge in [-0.1, -0.05) is 13.0 Å². The summed E-state index contributed by atoms with van der Waals surface area (Å²) in [5.74, 6) is 1.70. The van der Waals surface area contributed by atoms with Crippen molar-refractivity contribution in [1.29, 1.82) is 0 Å². The summed E-state index contributed by atoms with van der Waals surface area (Å²) in [5.41, 5.74) is 2.55. The standard InChI is InChI=1S/C16H19NO2S/c1-3-17-15(16-11(2)6-9-20-16)12-4-5-13-14(10-12)19-8-7-18-13/h4-6,9-10,15,17H,3,7-8H2,1-2H3. The molecule has 1 N–H and O–H groups in total. The molecular formula is C16H19NO2S. The number of ether oxygens (including phenoxy) is 2. The molecule has 3 rings (SSSR count). The predicted octanol–water partition coefficient (Wildman–Crippen LogP) is 3.53. The van der Waals surface area contributed by atoms with E-state index < -0.39 is 0 Å². The molecule has 0 saturated carbocycles. The summed E-state index contributed by atoms with van der Waals surface area (Å²) in [4.78, 5) is 1.36. The molecule has 1 unspecified atom stereocenters. The van der Waals surface area contributed by atoms with E-state index in [9.17, 15) is 0 Å². The van der Waals surface area contributed by atoms with Crippen LogP contribution < -0.4 is 14.8 Å². The molecule has 0 amide bonds. The highest BCUT2D eigenvalue weighted by Gasteiger charge is 2.19. The molecule has 20 heavy (non-hydrogen) atoms. The first-order valence-corrected chi connectivity index (χ1v) is 7.84. The van der Waals surface area contributed by atoms with Crippen molar-refractivity contribution in [3.8, 4) is 11.5 Å². The average molecular weight is 289 g/mol. The van der Waals surface area contributed by atoms with Gasteiger partial charge in [0, 0.05) is 4.88 Å². The lowest BCUT2D eigenvalue weighted by atomic mass is 10.0. The van der Waals surface area contributed by atoms with Crippen molar-refractivity contribution in [1.82, 2.24) is 5.32 Å². The van der Waals surface area contributed by atoms with Gasteiger partial charge in [-0.3, -0.25) is 0 Å². The Morgan fingerprint density at radius 3 is 2.70 bits per heavy atom. The molecule has 1 aliphatic heterocycles. The monoisotopic (exact) mass is 289 g/mol. The molecule has 0 fully saturated rings. The minimum absolute atomic E-state index is 0.218. The second kappa shape index (κ2) is 5.85. The summed E-state index contributed by atoms with van der Waals surface area (Å²) in [6.07, 6.45) is 0. The number of rotatable bonds is 4. The Morgan fingerprint density at radius 2 is 2.00 bits per heavy atom. The second-order valence-corrected chi connectivity index (χ2v) is 5.81. The summed E-state index contributed by atoms with van der Waals surface area (Å²) in [7, 11) is 0. The molecule has 1 aromatic heterocycles. The SMILES string of the molecule is CCNC(c1ccc2c(c1)OCCO2)c1sccc1C. The van der Waals surface area contributed by atoms with Crippen molar-refractivity contribution >= 4 is 11.3 Å². The molecule has 0 aliphatic carbocycles. The maximum absolute atomic E-state index is 5.69. The van der Waals surface area contributed by atoms with E-state index in [4.69, 9.17) is 9.47 Å². The summed E-state index contributed by atoms with van der Waals surface area (Å²) < 4.78 is 11.3. The third-order valence-corrected chi connectivity index (χ3v) is 4.56. The molecule has 2 heterocycles. The molecule has 2 aromatic rings. The zero-order valence-electron chi connectivity index (χ0n) is 11.8. The van der Waals surface area contributed by atoms with E-state index in [1.54, 1.807) is 11.3 Å². The first-order valence-electron chi connectivity index (χ1n) is 6.96. The van der Waals surface area contributed by atoms with Crippen LogP contribution in [0.3, 0.4) is 0 Å². The maximum atomic E-state index is 5.69. The van der Waals surface area contributed by atoms with Crippen LogP contribution in [-0.4, -0.2) is 19.8 Å². The predicted molar refractivity (Wildman–Crippen MR) is 82.0 cm³/mol. The summed E-state index contributed by atoms with van der Waals surface area (Å²) in [6, 6.07) is 8.62. The van der Waals surface area contributed by atoms with Gasteiger partial charge in [-0.25, -0.2) is 0 Å². The van der Waals surface area contributed by atoms with Crippen LogP contribution in [0.1, 0.15) is 29.0 Å². The van der Waals surface area contributed by atoms with E-state index in [0.717, 1.165) is 18.0 Å². The lowest BCUT2D eigenvalue weighted by Gasteiger charge is -2.22. The van der Waals surface area contributed by atoms with Crippen molar-refractivity contribution in [2.24, 2.45) is 0 Å². The highest BCUT2D eigenvalue weighted by atomic mass is 32.1. The summed E-state index contributed by atoms with van der Waals surface area (Å²) in [6.45, 7) is 6.48. The fourth-order valence-corrected chi connectivity index (χ4v) is 3.51. The van der Waals surface area contributed by atoms with E-state index in [2.05, 4.69) is 42.7 Å². The molecule has 1 aliphatic rings. The minimum atomic E-state index is 0.218. The highest BCUT2D eigenvalue weighted by Crippen LogP contribution is 2.36. The van der Waals surface area contributed by atoms with E-state index in [-0.39, 0.29) is 6.04 Å². The van der Waals surface area contributed by atoms with Gasteiger partial charge < -0.3 is 14.8 Å².